The number of nitrogens with zero attached hydrogens (tertiary/aromatic N) is 2. The Hall–Kier alpha value is -3.14. The number of benzene rings is 2. The monoisotopic (exact) mass is 331 g/mol. The van der Waals surface area contributed by atoms with Gasteiger partial charge in [-0.2, -0.15) is 0 Å². The van der Waals surface area contributed by atoms with E-state index in [1.807, 2.05) is 30.3 Å². The fourth-order valence-corrected chi connectivity index (χ4v) is 2.71. The zero-order chi connectivity index (χ0) is 17.6. The Morgan fingerprint density at radius 2 is 1.80 bits per heavy atom. The molecule has 0 aliphatic carbocycles. The van der Waals surface area contributed by atoms with Crippen LogP contribution in [0.2, 0.25) is 0 Å². The maximum absolute atomic E-state index is 12.2. The molecular weight excluding hydrogens is 310 g/mol. The van der Waals surface area contributed by atoms with E-state index >= 15 is 0 Å². The Labute approximate surface area is 148 Å². The number of nitrogens with one attached hydrogen (secondary N) is 1. The maximum Gasteiger partial charge on any atom is 0.256 e. The summed E-state index contributed by atoms with van der Waals surface area (Å²) in [5, 5.41) is 2.82. The van der Waals surface area contributed by atoms with Gasteiger partial charge in [0.25, 0.3) is 5.91 Å². The van der Waals surface area contributed by atoms with Crippen molar-refractivity contribution in [3.8, 4) is 0 Å². The van der Waals surface area contributed by atoms with Crippen molar-refractivity contribution in [2.75, 3.05) is 16.8 Å². The number of amides is 1. The highest BCUT2D eigenvalue weighted by atomic mass is 16.1. The molecule has 1 aromatic heterocycles. The molecule has 0 aliphatic heterocycles. The molecule has 4 heteroatoms. The van der Waals surface area contributed by atoms with Gasteiger partial charge in [-0.05, 0) is 55.8 Å². The molecule has 0 radical (unpaired) electrons. The molecule has 2 aromatic carbocycles. The highest BCUT2D eigenvalue weighted by molar-refractivity contribution is 6.03. The summed E-state index contributed by atoms with van der Waals surface area (Å²) >= 11 is 0. The van der Waals surface area contributed by atoms with E-state index in [0.717, 1.165) is 17.9 Å². The lowest BCUT2D eigenvalue weighted by Gasteiger charge is -2.23. The quantitative estimate of drug-likeness (QED) is 0.730. The minimum absolute atomic E-state index is 0.160. The number of pyridine rings is 1. The van der Waals surface area contributed by atoms with E-state index in [0.29, 0.717) is 11.4 Å². The first-order chi connectivity index (χ1) is 12.2. The molecule has 126 valence electrons. The van der Waals surface area contributed by atoms with Crippen LogP contribution in [-0.4, -0.2) is 17.4 Å². The Bertz CT molecular complexity index is 845. The van der Waals surface area contributed by atoms with Crippen molar-refractivity contribution >= 4 is 23.1 Å². The van der Waals surface area contributed by atoms with Crippen LogP contribution in [0.15, 0.2) is 72.9 Å². The number of anilines is 3. The first-order valence-corrected chi connectivity index (χ1v) is 8.34. The van der Waals surface area contributed by atoms with E-state index in [2.05, 4.69) is 53.3 Å². The molecule has 0 atom stereocenters. The fourth-order valence-electron chi connectivity index (χ4n) is 2.71. The smallest absolute Gasteiger partial charge is 0.256 e. The van der Waals surface area contributed by atoms with Gasteiger partial charge in [0, 0.05) is 17.8 Å². The number of aromatic nitrogens is 1. The summed E-state index contributed by atoms with van der Waals surface area (Å²) in [6, 6.07) is 21.3. The molecule has 3 rings (SSSR count). The number of aryl methyl sites for hydroxylation is 1. The lowest BCUT2D eigenvalue weighted by Crippen LogP contribution is -2.17. The number of hydrogen-bond acceptors (Lipinski definition) is 3. The first-order valence-electron chi connectivity index (χ1n) is 8.34. The molecule has 0 fully saturated rings. The molecule has 0 bridgehead atoms. The molecule has 4 nitrogen and oxygen atoms in total. The molecule has 0 saturated carbocycles. The predicted octanol–water partition coefficient (Wildman–Crippen LogP) is 4.80. The highest BCUT2D eigenvalue weighted by Gasteiger charge is 2.10. The molecule has 1 heterocycles. The van der Waals surface area contributed by atoms with Crippen LogP contribution in [0.5, 0.6) is 0 Å². The summed E-state index contributed by atoms with van der Waals surface area (Å²) < 4.78 is 0. The van der Waals surface area contributed by atoms with Gasteiger partial charge in [0.2, 0.25) is 0 Å². The summed E-state index contributed by atoms with van der Waals surface area (Å²) in [5.41, 5.74) is 3.95. The number of carbonyl (C=O) groups is 1. The Morgan fingerprint density at radius 3 is 2.44 bits per heavy atom. The van der Waals surface area contributed by atoms with Crippen LogP contribution in [0.3, 0.4) is 0 Å². The maximum atomic E-state index is 12.2. The topological polar surface area (TPSA) is 45.2 Å². The average molecular weight is 331 g/mol. The summed E-state index contributed by atoms with van der Waals surface area (Å²) in [6.07, 6.45) is 1.78. The molecular formula is C21H21N3O. The van der Waals surface area contributed by atoms with E-state index in [1.54, 1.807) is 18.3 Å². The first kappa shape index (κ1) is 16.7. The number of hydrogen-bond donors (Lipinski definition) is 1. The number of rotatable bonds is 5. The van der Waals surface area contributed by atoms with E-state index in [-0.39, 0.29) is 5.91 Å². The van der Waals surface area contributed by atoms with Gasteiger partial charge >= 0.3 is 0 Å². The fraction of sp³-hybridized carbons (Fsp3) is 0.143. The second kappa shape index (κ2) is 7.62. The van der Waals surface area contributed by atoms with Crippen LogP contribution < -0.4 is 10.2 Å². The van der Waals surface area contributed by atoms with Crippen LogP contribution in [0.25, 0.3) is 0 Å². The van der Waals surface area contributed by atoms with Crippen LogP contribution in [-0.2, 0) is 0 Å². The second-order valence-electron chi connectivity index (χ2n) is 5.81. The van der Waals surface area contributed by atoms with Crippen molar-refractivity contribution in [1.29, 1.82) is 0 Å². The van der Waals surface area contributed by atoms with E-state index in [4.69, 9.17) is 0 Å². The standard InChI is InChI=1S/C21H21N3O/c1-3-24(18-11-7-8-16(2)14-18)19-12-13-20(22-15-19)23-21(25)17-9-5-4-6-10-17/h4-15H,3H2,1-2H3,(H,22,23,25). The second-order valence-corrected chi connectivity index (χ2v) is 5.81. The van der Waals surface area contributed by atoms with Gasteiger partial charge in [0.05, 0.1) is 11.9 Å². The SMILES string of the molecule is CCN(c1ccc(NC(=O)c2ccccc2)nc1)c1cccc(C)c1. The van der Waals surface area contributed by atoms with Crippen molar-refractivity contribution in [2.45, 2.75) is 13.8 Å². The Balaban J connectivity index is 1.76. The van der Waals surface area contributed by atoms with Crippen molar-refractivity contribution < 1.29 is 4.79 Å². The zero-order valence-corrected chi connectivity index (χ0v) is 14.4. The van der Waals surface area contributed by atoms with Crippen LogP contribution in [0.1, 0.15) is 22.8 Å². The van der Waals surface area contributed by atoms with E-state index < -0.39 is 0 Å². The lowest BCUT2D eigenvalue weighted by atomic mass is 10.2. The molecule has 0 aliphatic rings. The van der Waals surface area contributed by atoms with Crippen molar-refractivity contribution in [3.63, 3.8) is 0 Å². The van der Waals surface area contributed by atoms with E-state index in [1.165, 1.54) is 5.56 Å². The molecule has 25 heavy (non-hydrogen) atoms. The molecule has 0 spiro atoms. The van der Waals surface area contributed by atoms with Crippen LogP contribution in [0, 0.1) is 6.92 Å². The highest BCUT2D eigenvalue weighted by Crippen LogP contribution is 2.25. The third-order valence-corrected chi connectivity index (χ3v) is 3.97. The molecule has 1 N–H and O–H groups in total. The third-order valence-electron chi connectivity index (χ3n) is 3.97. The van der Waals surface area contributed by atoms with Crippen molar-refractivity contribution in [3.05, 3.63) is 84.1 Å². The molecule has 0 unspecified atom stereocenters. The largest absolute Gasteiger partial charge is 0.341 e. The van der Waals surface area contributed by atoms with Crippen molar-refractivity contribution in [1.82, 2.24) is 4.98 Å². The molecule has 3 aromatic rings. The van der Waals surface area contributed by atoms with Gasteiger partial charge in [-0.25, -0.2) is 4.98 Å². The summed E-state index contributed by atoms with van der Waals surface area (Å²) in [5.74, 6) is 0.379. The minimum Gasteiger partial charge on any atom is -0.341 e. The Morgan fingerprint density at radius 1 is 1.00 bits per heavy atom. The van der Waals surface area contributed by atoms with Gasteiger partial charge in [0.1, 0.15) is 5.82 Å². The molecule has 1 amide bonds. The minimum atomic E-state index is -0.160. The van der Waals surface area contributed by atoms with Gasteiger partial charge in [0.15, 0.2) is 0 Å². The van der Waals surface area contributed by atoms with Crippen molar-refractivity contribution in [2.24, 2.45) is 0 Å². The van der Waals surface area contributed by atoms with Crippen LogP contribution in [0.4, 0.5) is 17.2 Å². The summed E-state index contributed by atoms with van der Waals surface area (Å²) in [4.78, 5) is 18.8. The number of carbonyl (C=O) groups excluding carboxylic acids is 1. The normalized spacial score (nSPS) is 10.3. The van der Waals surface area contributed by atoms with Crippen LogP contribution >= 0.6 is 0 Å². The average Bonchev–Trinajstić information content (AvgIpc) is 2.64. The molecule has 0 saturated heterocycles. The summed E-state index contributed by atoms with van der Waals surface area (Å²) in [6.45, 7) is 5.02. The van der Waals surface area contributed by atoms with Gasteiger partial charge < -0.3 is 10.2 Å². The van der Waals surface area contributed by atoms with Gasteiger partial charge in [-0.15, -0.1) is 0 Å². The van der Waals surface area contributed by atoms with Gasteiger partial charge in [-0.1, -0.05) is 30.3 Å². The Kier molecular flexibility index (Phi) is 5.09. The predicted molar refractivity (Wildman–Crippen MR) is 102 cm³/mol. The summed E-state index contributed by atoms with van der Waals surface area (Å²) in [7, 11) is 0. The lowest BCUT2D eigenvalue weighted by molar-refractivity contribution is 0.102. The van der Waals surface area contributed by atoms with E-state index in [9.17, 15) is 4.79 Å². The third kappa shape index (κ3) is 4.04. The van der Waals surface area contributed by atoms with Gasteiger partial charge in [-0.3, -0.25) is 4.79 Å². The zero-order valence-electron chi connectivity index (χ0n) is 14.4.